The Morgan fingerprint density at radius 2 is 1.86 bits per heavy atom. The Morgan fingerprint density at radius 1 is 1.17 bits per heavy atom. The highest BCUT2D eigenvalue weighted by Gasteiger charge is 2.52. The molecule has 0 bridgehead atoms. The molecule has 1 heterocycles. The molecule has 0 unspecified atom stereocenters. The van der Waals surface area contributed by atoms with Gasteiger partial charge in [0.15, 0.2) is 0 Å². The van der Waals surface area contributed by atoms with Crippen LogP contribution in [0.5, 0.6) is 0 Å². The SMILES string of the molecule is CCOC(=O)C[C@]1(N[S@+]([O-])C(C)(C)C)CCCN(C(=O)O)[C@@H]1Cc1cccc(-c2ccccc2)c1. The lowest BCUT2D eigenvalue weighted by Gasteiger charge is -2.49. The lowest BCUT2D eigenvalue weighted by Crippen LogP contribution is -2.68. The van der Waals surface area contributed by atoms with Crippen molar-refractivity contribution in [1.82, 2.24) is 9.62 Å². The monoisotopic (exact) mass is 500 g/mol. The van der Waals surface area contributed by atoms with Crippen LogP contribution >= 0.6 is 0 Å². The molecule has 1 aliphatic rings. The zero-order valence-electron chi connectivity index (χ0n) is 21.0. The standard InChI is InChI=1S/C27H36N2O5S/c1-5-34-24(30)19-27(28-35(33)26(2,3)4)15-10-16-29(25(31)32)23(27)18-20-11-9-14-22(17-20)21-12-7-6-8-13-21/h6-9,11-14,17,23,28H,5,10,15-16,18-19H2,1-4H3,(H,31,32)/t23-,27-,35-/m1/s1. The number of nitrogens with one attached hydrogen (secondary N) is 1. The third-order valence-electron chi connectivity index (χ3n) is 6.36. The largest absolute Gasteiger partial charge is 0.598 e. The number of rotatable bonds is 8. The predicted octanol–water partition coefficient (Wildman–Crippen LogP) is 4.78. The van der Waals surface area contributed by atoms with Gasteiger partial charge < -0.3 is 19.3 Å². The summed E-state index contributed by atoms with van der Waals surface area (Å²) in [4.78, 5) is 26.5. The van der Waals surface area contributed by atoms with Gasteiger partial charge in [0.1, 0.15) is 4.75 Å². The molecule has 1 amide bonds. The Morgan fingerprint density at radius 3 is 2.49 bits per heavy atom. The van der Waals surface area contributed by atoms with Crippen LogP contribution in [0.25, 0.3) is 11.1 Å². The van der Waals surface area contributed by atoms with Gasteiger partial charge in [0, 0.05) is 17.9 Å². The van der Waals surface area contributed by atoms with E-state index in [1.807, 2.05) is 69.3 Å². The van der Waals surface area contributed by atoms with E-state index in [9.17, 15) is 19.2 Å². The van der Waals surface area contributed by atoms with Gasteiger partial charge in [-0.1, -0.05) is 54.6 Å². The maximum atomic E-state index is 13.3. The molecule has 7 nitrogen and oxygen atoms in total. The minimum absolute atomic E-state index is 0.0600. The molecule has 1 saturated heterocycles. The molecule has 0 aliphatic carbocycles. The highest BCUT2D eigenvalue weighted by Crippen LogP contribution is 2.36. The van der Waals surface area contributed by atoms with Gasteiger partial charge in [-0.25, -0.2) is 4.79 Å². The molecule has 8 heteroatoms. The highest BCUT2D eigenvalue weighted by molar-refractivity contribution is 7.90. The van der Waals surface area contributed by atoms with Crippen molar-refractivity contribution in [1.29, 1.82) is 0 Å². The Bertz CT molecular complexity index is 1010. The van der Waals surface area contributed by atoms with Gasteiger partial charge in [-0.3, -0.25) is 4.79 Å². The quantitative estimate of drug-likeness (QED) is 0.399. The number of amides is 1. The summed E-state index contributed by atoms with van der Waals surface area (Å²) in [5.74, 6) is -0.429. The molecule has 2 aromatic rings. The number of esters is 1. The molecule has 0 saturated carbocycles. The van der Waals surface area contributed by atoms with Crippen LogP contribution in [0.3, 0.4) is 0 Å². The van der Waals surface area contributed by atoms with Crippen LogP contribution in [0.4, 0.5) is 4.79 Å². The molecule has 190 valence electrons. The van der Waals surface area contributed by atoms with Gasteiger partial charge in [-0.2, -0.15) is 0 Å². The Hall–Kier alpha value is -2.55. The van der Waals surface area contributed by atoms with Crippen molar-refractivity contribution in [2.24, 2.45) is 0 Å². The molecular formula is C27H36N2O5S. The molecular weight excluding hydrogens is 464 g/mol. The predicted molar refractivity (Wildman–Crippen MR) is 138 cm³/mol. The Kier molecular flexibility index (Phi) is 8.85. The average molecular weight is 501 g/mol. The van der Waals surface area contributed by atoms with Crippen LogP contribution in [-0.4, -0.2) is 56.1 Å². The van der Waals surface area contributed by atoms with Crippen LogP contribution < -0.4 is 4.72 Å². The summed E-state index contributed by atoms with van der Waals surface area (Å²) < 4.78 is 21.2. The normalized spacial score (nSPS) is 21.4. The van der Waals surface area contributed by atoms with E-state index in [0.29, 0.717) is 25.8 Å². The summed E-state index contributed by atoms with van der Waals surface area (Å²) in [5, 5.41) is 10.1. The summed E-state index contributed by atoms with van der Waals surface area (Å²) in [5.41, 5.74) is 2.02. The summed E-state index contributed by atoms with van der Waals surface area (Å²) in [6.07, 6.45) is 0.336. The molecule has 3 rings (SSSR count). The maximum absolute atomic E-state index is 13.3. The van der Waals surface area contributed by atoms with E-state index < -0.39 is 39.8 Å². The number of piperidine rings is 1. The first-order valence-corrected chi connectivity index (χ1v) is 13.2. The summed E-state index contributed by atoms with van der Waals surface area (Å²) >= 11 is -1.51. The van der Waals surface area contributed by atoms with Crippen molar-refractivity contribution in [3.63, 3.8) is 0 Å². The van der Waals surface area contributed by atoms with E-state index in [1.165, 1.54) is 4.90 Å². The van der Waals surface area contributed by atoms with Gasteiger partial charge in [-0.15, -0.1) is 4.72 Å². The molecule has 0 spiro atoms. The Labute approximate surface area is 211 Å². The first kappa shape index (κ1) is 27.0. The van der Waals surface area contributed by atoms with E-state index in [1.54, 1.807) is 6.92 Å². The van der Waals surface area contributed by atoms with Crippen molar-refractivity contribution in [2.45, 2.75) is 69.7 Å². The van der Waals surface area contributed by atoms with Crippen molar-refractivity contribution < 1.29 is 24.0 Å². The van der Waals surface area contributed by atoms with Crippen LogP contribution in [0, 0.1) is 0 Å². The van der Waals surface area contributed by atoms with E-state index in [-0.39, 0.29) is 13.0 Å². The molecule has 0 aromatic heterocycles. The number of carbonyl (C=O) groups excluding carboxylic acids is 1. The topological polar surface area (TPSA) is 102 Å². The van der Waals surface area contributed by atoms with Crippen molar-refractivity contribution in [3.05, 3.63) is 60.2 Å². The van der Waals surface area contributed by atoms with Crippen molar-refractivity contribution in [3.8, 4) is 11.1 Å². The highest BCUT2D eigenvalue weighted by atomic mass is 32.2. The lowest BCUT2D eigenvalue weighted by atomic mass is 9.76. The zero-order valence-corrected chi connectivity index (χ0v) is 21.8. The number of benzene rings is 2. The van der Waals surface area contributed by atoms with E-state index in [0.717, 1.165) is 16.7 Å². The number of hydrogen-bond donors (Lipinski definition) is 2. The molecule has 2 aromatic carbocycles. The molecule has 1 fully saturated rings. The number of carbonyl (C=O) groups is 2. The van der Waals surface area contributed by atoms with Crippen LogP contribution in [-0.2, 0) is 27.3 Å². The number of carboxylic acid groups (broad SMARTS) is 1. The van der Waals surface area contributed by atoms with Crippen molar-refractivity contribution in [2.75, 3.05) is 13.2 Å². The van der Waals surface area contributed by atoms with E-state index in [2.05, 4.69) is 10.8 Å². The number of likely N-dealkylation sites (tertiary alicyclic amines) is 1. The fraction of sp³-hybridized carbons (Fsp3) is 0.481. The number of hydrogen-bond acceptors (Lipinski definition) is 5. The van der Waals surface area contributed by atoms with Crippen molar-refractivity contribution >= 4 is 23.4 Å². The fourth-order valence-electron chi connectivity index (χ4n) is 4.62. The van der Waals surface area contributed by atoms with E-state index >= 15 is 0 Å². The summed E-state index contributed by atoms with van der Waals surface area (Å²) in [6, 6.07) is 17.4. The first-order chi connectivity index (χ1) is 16.6. The Balaban J connectivity index is 2.03. The van der Waals surface area contributed by atoms with Crippen LogP contribution in [0.2, 0.25) is 0 Å². The van der Waals surface area contributed by atoms with Crippen LogP contribution in [0.1, 0.15) is 52.5 Å². The zero-order chi connectivity index (χ0) is 25.6. The van der Waals surface area contributed by atoms with Gasteiger partial charge >= 0.3 is 12.1 Å². The second-order valence-corrected chi connectivity index (χ2v) is 12.0. The number of ether oxygens (including phenoxy) is 1. The fourth-order valence-corrected chi connectivity index (χ4v) is 5.61. The van der Waals surface area contributed by atoms with E-state index in [4.69, 9.17) is 4.74 Å². The second kappa shape index (κ2) is 11.5. The average Bonchev–Trinajstić information content (AvgIpc) is 2.80. The molecule has 35 heavy (non-hydrogen) atoms. The third-order valence-corrected chi connectivity index (χ3v) is 8.07. The molecule has 3 atom stereocenters. The first-order valence-electron chi connectivity index (χ1n) is 12.0. The molecule has 0 radical (unpaired) electrons. The minimum atomic E-state index is -1.51. The molecule has 2 N–H and O–H groups in total. The summed E-state index contributed by atoms with van der Waals surface area (Å²) in [7, 11) is 0. The minimum Gasteiger partial charge on any atom is -0.598 e. The lowest BCUT2D eigenvalue weighted by molar-refractivity contribution is -0.146. The van der Waals surface area contributed by atoms with Crippen LogP contribution in [0.15, 0.2) is 54.6 Å². The van der Waals surface area contributed by atoms with Gasteiger partial charge in [0.2, 0.25) is 0 Å². The maximum Gasteiger partial charge on any atom is 0.407 e. The second-order valence-electron chi connectivity index (χ2n) is 9.99. The molecule has 1 aliphatic heterocycles. The van der Waals surface area contributed by atoms with Gasteiger partial charge in [-0.05, 0) is 63.6 Å². The smallest absolute Gasteiger partial charge is 0.407 e. The summed E-state index contributed by atoms with van der Waals surface area (Å²) in [6.45, 7) is 7.87. The van der Waals surface area contributed by atoms with Gasteiger partial charge in [0.05, 0.1) is 24.6 Å². The number of nitrogens with zero attached hydrogens (tertiary/aromatic N) is 1. The van der Waals surface area contributed by atoms with Gasteiger partial charge in [0.25, 0.3) is 0 Å². The third kappa shape index (κ3) is 6.78.